The van der Waals surface area contributed by atoms with Gasteiger partial charge in [0, 0.05) is 18.5 Å². The first kappa shape index (κ1) is 17.5. The molecule has 1 aliphatic heterocycles. The van der Waals surface area contributed by atoms with Gasteiger partial charge >= 0.3 is 5.97 Å². The Hall–Kier alpha value is -2.30. The highest BCUT2D eigenvalue weighted by Crippen LogP contribution is 2.21. The van der Waals surface area contributed by atoms with Crippen LogP contribution in [0.1, 0.15) is 32.0 Å². The summed E-state index contributed by atoms with van der Waals surface area (Å²) in [6.07, 6.45) is 0. The van der Waals surface area contributed by atoms with E-state index in [0.29, 0.717) is 29.5 Å². The summed E-state index contributed by atoms with van der Waals surface area (Å²) in [4.78, 5) is 30.4. The Kier molecular flexibility index (Phi) is 5.41. The van der Waals surface area contributed by atoms with Crippen LogP contribution in [0.5, 0.6) is 0 Å². The third-order valence-corrected chi connectivity index (χ3v) is 5.59. The molecule has 0 aliphatic carbocycles. The predicted octanol–water partition coefficient (Wildman–Crippen LogP) is 1.89. The van der Waals surface area contributed by atoms with Gasteiger partial charge in [-0.1, -0.05) is 0 Å². The SMILES string of the molecule is C/C(=N/NC(=O)c1csc(N2CCOCC2)n1)c1ccc(C(=O)O)s1. The van der Waals surface area contributed by atoms with Crippen LogP contribution in [-0.4, -0.2) is 54.0 Å². The number of thiophene rings is 1. The lowest BCUT2D eigenvalue weighted by molar-refractivity contribution is 0.0702. The van der Waals surface area contributed by atoms with Crippen molar-refractivity contribution < 1.29 is 19.4 Å². The van der Waals surface area contributed by atoms with Crippen LogP contribution in [0.2, 0.25) is 0 Å². The molecule has 0 saturated carbocycles. The van der Waals surface area contributed by atoms with Gasteiger partial charge in [-0.05, 0) is 19.1 Å². The molecule has 10 heteroatoms. The number of amides is 1. The second-order valence-corrected chi connectivity index (χ2v) is 7.14. The average Bonchev–Trinajstić information content (AvgIpc) is 3.29. The topological polar surface area (TPSA) is 104 Å². The molecule has 0 unspecified atom stereocenters. The molecule has 2 aromatic heterocycles. The Bertz CT molecular complexity index is 808. The monoisotopic (exact) mass is 380 g/mol. The number of nitrogens with one attached hydrogen (secondary N) is 1. The maximum atomic E-state index is 12.2. The maximum absolute atomic E-state index is 12.2. The van der Waals surface area contributed by atoms with Crippen LogP contribution in [0, 0.1) is 0 Å². The number of aromatic nitrogens is 1. The molecule has 1 fully saturated rings. The number of carboxylic acid groups (broad SMARTS) is 1. The molecule has 0 atom stereocenters. The molecule has 132 valence electrons. The van der Waals surface area contributed by atoms with Crippen LogP contribution in [0.25, 0.3) is 0 Å². The van der Waals surface area contributed by atoms with E-state index in [4.69, 9.17) is 9.84 Å². The number of hydrogen-bond donors (Lipinski definition) is 2. The minimum Gasteiger partial charge on any atom is -0.477 e. The predicted molar refractivity (Wildman–Crippen MR) is 96.1 cm³/mol. The summed E-state index contributed by atoms with van der Waals surface area (Å²) >= 11 is 2.51. The molecule has 1 aliphatic rings. The van der Waals surface area contributed by atoms with Crippen molar-refractivity contribution in [3.8, 4) is 0 Å². The molecule has 3 rings (SSSR count). The molecule has 0 spiro atoms. The second-order valence-electron chi connectivity index (χ2n) is 5.22. The van der Waals surface area contributed by atoms with E-state index in [2.05, 4.69) is 20.4 Å². The summed E-state index contributed by atoms with van der Waals surface area (Å²) in [5.41, 5.74) is 3.30. The van der Waals surface area contributed by atoms with Crippen LogP contribution in [0.4, 0.5) is 5.13 Å². The number of carbonyl (C=O) groups is 2. The quantitative estimate of drug-likeness (QED) is 0.606. The van der Waals surface area contributed by atoms with Crippen LogP contribution < -0.4 is 10.3 Å². The van der Waals surface area contributed by atoms with Crippen molar-refractivity contribution in [2.24, 2.45) is 5.10 Å². The van der Waals surface area contributed by atoms with Gasteiger partial charge < -0.3 is 14.7 Å². The number of thiazole rings is 1. The van der Waals surface area contributed by atoms with Crippen LogP contribution >= 0.6 is 22.7 Å². The van der Waals surface area contributed by atoms with Crippen LogP contribution in [0.3, 0.4) is 0 Å². The van der Waals surface area contributed by atoms with E-state index in [1.807, 2.05) is 0 Å². The number of hydrazone groups is 1. The molecule has 0 bridgehead atoms. The zero-order chi connectivity index (χ0) is 17.8. The summed E-state index contributed by atoms with van der Waals surface area (Å²) < 4.78 is 5.30. The van der Waals surface area contributed by atoms with E-state index >= 15 is 0 Å². The number of carbonyl (C=O) groups excluding carboxylic acids is 1. The number of anilines is 1. The van der Waals surface area contributed by atoms with Crippen molar-refractivity contribution in [1.82, 2.24) is 10.4 Å². The Balaban J connectivity index is 1.63. The fraction of sp³-hybridized carbons (Fsp3) is 0.333. The Morgan fingerprint density at radius 2 is 2.04 bits per heavy atom. The molecule has 8 nitrogen and oxygen atoms in total. The Labute approximate surface area is 151 Å². The molecule has 2 N–H and O–H groups in total. The summed E-state index contributed by atoms with van der Waals surface area (Å²) in [5.74, 6) is -1.38. The smallest absolute Gasteiger partial charge is 0.345 e. The molecule has 3 heterocycles. The van der Waals surface area contributed by atoms with Crippen LogP contribution in [0.15, 0.2) is 22.6 Å². The van der Waals surface area contributed by atoms with Crippen molar-refractivity contribution >= 4 is 45.4 Å². The van der Waals surface area contributed by atoms with Gasteiger partial charge in [0.1, 0.15) is 10.6 Å². The molecular weight excluding hydrogens is 364 g/mol. The first-order valence-electron chi connectivity index (χ1n) is 7.51. The van der Waals surface area contributed by atoms with E-state index in [1.165, 1.54) is 17.4 Å². The van der Waals surface area contributed by atoms with Gasteiger partial charge in [-0.2, -0.15) is 5.10 Å². The second kappa shape index (κ2) is 7.72. The summed E-state index contributed by atoms with van der Waals surface area (Å²) in [7, 11) is 0. The Morgan fingerprint density at radius 1 is 1.32 bits per heavy atom. The zero-order valence-electron chi connectivity index (χ0n) is 13.4. The number of nitrogens with zero attached hydrogens (tertiary/aromatic N) is 3. The van der Waals surface area contributed by atoms with Gasteiger partial charge in [-0.15, -0.1) is 22.7 Å². The van der Waals surface area contributed by atoms with Gasteiger partial charge in [0.15, 0.2) is 5.13 Å². The number of rotatable bonds is 5. The van der Waals surface area contributed by atoms with E-state index in [-0.39, 0.29) is 4.88 Å². The lowest BCUT2D eigenvalue weighted by Crippen LogP contribution is -2.36. The highest BCUT2D eigenvalue weighted by molar-refractivity contribution is 7.16. The number of morpholine rings is 1. The van der Waals surface area contributed by atoms with Gasteiger partial charge in [0.05, 0.1) is 23.8 Å². The highest BCUT2D eigenvalue weighted by Gasteiger charge is 2.17. The largest absolute Gasteiger partial charge is 0.477 e. The lowest BCUT2D eigenvalue weighted by atomic mass is 10.3. The Morgan fingerprint density at radius 3 is 2.72 bits per heavy atom. The van der Waals surface area contributed by atoms with Gasteiger partial charge in [-0.25, -0.2) is 15.2 Å². The minimum absolute atomic E-state index is 0.227. The van der Waals surface area contributed by atoms with Gasteiger partial charge in [0.2, 0.25) is 0 Å². The molecule has 1 saturated heterocycles. The summed E-state index contributed by atoms with van der Waals surface area (Å²) in [6.45, 7) is 4.54. The third kappa shape index (κ3) is 4.21. The van der Waals surface area contributed by atoms with E-state index in [9.17, 15) is 9.59 Å². The normalized spacial score (nSPS) is 15.2. The number of ether oxygens (including phenoxy) is 1. The summed E-state index contributed by atoms with van der Waals surface area (Å²) in [6, 6.07) is 3.18. The molecule has 0 radical (unpaired) electrons. The van der Waals surface area contributed by atoms with Crippen molar-refractivity contribution in [3.05, 3.63) is 33.0 Å². The van der Waals surface area contributed by atoms with E-state index < -0.39 is 11.9 Å². The number of aromatic carboxylic acids is 1. The first-order chi connectivity index (χ1) is 12.0. The third-order valence-electron chi connectivity index (χ3n) is 3.50. The maximum Gasteiger partial charge on any atom is 0.345 e. The summed E-state index contributed by atoms with van der Waals surface area (Å²) in [5, 5.41) is 15.5. The molecule has 2 aromatic rings. The standard InChI is InChI=1S/C15H16N4O4S2/c1-9(11-2-3-12(25-11)14(21)22)17-18-13(20)10-8-24-15(16-10)19-4-6-23-7-5-19/h2-3,8H,4-7H2,1H3,(H,18,20)(H,21,22)/b17-9-. The van der Waals surface area contributed by atoms with Crippen LogP contribution in [-0.2, 0) is 4.74 Å². The molecular formula is C15H16N4O4S2. The van der Waals surface area contributed by atoms with Crippen molar-refractivity contribution in [3.63, 3.8) is 0 Å². The highest BCUT2D eigenvalue weighted by atomic mass is 32.1. The average molecular weight is 380 g/mol. The minimum atomic E-state index is -0.980. The van der Waals surface area contributed by atoms with Gasteiger partial charge in [0.25, 0.3) is 5.91 Å². The van der Waals surface area contributed by atoms with Gasteiger partial charge in [-0.3, -0.25) is 4.79 Å². The fourth-order valence-electron chi connectivity index (χ4n) is 2.16. The first-order valence-corrected chi connectivity index (χ1v) is 9.20. The van der Waals surface area contributed by atoms with Crippen molar-refractivity contribution in [1.29, 1.82) is 0 Å². The number of carboxylic acids is 1. The lowest BCUT2D eigenvalue weighted by Gasteiger charge is -2.25. The zero-order valence-corrected chi connectivity index (χ0v) is 15.0. The molecule has 25 heavy (non-hydrogen) atoms. The fourth-order valence-corrected chi connectivity index (χ4v) is 3.81. The van der Waals surface area contributed by atoms with Crippen molar-refractivity contribution in [2.75, 3.05) is 31.2 Å². The molecule has 0 aromatic carbocycles. The van der Waals surface area contributed by atoms with Crippen molar-refractivity contribution in [2.45, 2.75) is 6.92 Å². The molecule has 1 amide bonds. The van der Waals surface area contributed by atoms with E-state index in [1.54, 1.807) is 18.4 Å². The van der Waals surface area contributed by atoms with E-state index in [0.717, 1.165) is 29.6 Å². The number of hydrogen-bond acceptors (Lipinski definition) is 8.